The number of methoxy groups -OCH3 is 1. The summed E-state index contributed by atoms with van der Waals surface area (Å²) in [6, 6.07) is 3.35. The number of aromatic nitrogens is 1. The lowest BCUT2D eigenvalue weighted by atomic mass is 10.3. The topological polar surface area (TPSA) is 70.6 Å². The number of hydrogen-bond donors (Lipinski definition) is 3. The van der Waals surface area contributed by atoms with Gasteiger partial charge in [-0.25, -0.2) is 10.2 Å². The van der Waals surface area contributed by atoms with Crippen molar-refractivity contribution in [3.8, 4) is 11.9 Å². The fourth-order valence-electron chi connectivity index (χ4n) is 0.836. The van der Waals surface area contributed by atoms with Crippen LogP contribution in [0, 0.1) is 11.3 Å². The molecule has 0 aliphatic heterocycles. The van der Waals surface area contributed by atoms with E-state index in [1.165, 1.54) is 19.4 Å². The van der Waals surface area contributed by atoms with Gasteiger partial charge in [0.25, 0.3) is 5.88 Å². The van der Waals surface area contributed by atoms with Gasteiger partial charge in [-0.05, 0) is 0 Å². The molecule has 0 aliphatic carbocycles. The Balaban J connectivity index is 0.00000169. The van der Waals surface area contributed by atoms with Crippen LogP contribution in [0.4, 0.5) is 5.69 Å². The molecule has 0 aromatic carbocycles. The second kappa shape index (κ2) is 5.67. The number of halogens is 1. The summed E-state index contributed by atoms with van der Waals surface area (Å²) in [5, 5.41) is 17.7. The van der Waals surface area contributed by atoms with Crippen molar-refractivity contribution in [3.63, 3.8) is 0 Å². The molecular formula is C7H8ClN3O2S. The molecule has 1 aromatic rings. The van der Waals surface area contributed by atoms with E-state index in [0.717, 1.165) is 0 Å². The molecule has 0 saturated heterocycles. The molecule has 0 spiro atoms. The number of nitrogens with one attached hydrogen (secondary N) is 1. The fraction of sp³-hybridized carbons (Fsp3) is 0.143. The van der Waals surface area contributed by atoms with Gasteiger partial charge < -0.3 is 17.1 Å². The van der Waals surface area contributed by atoms with Gasteiger partial charge in [0, 0.05) is 12.3 Å². The molecule has 1 rings (SSSR count). The molecule has 1 aromatic heterocycles. The number of quaternary nitrogens is 1. The van der Waals surface area contributed by atoms with Gasteiger partial charge in [0.05, 0.1) is 25.5 Å². The SMILES string of the molecule is COc1ncc(C#N)cc1[NH+](O)S.[Cl-]. The van der Waals surface area contributed by atoms with E-state index < -0.39 is 0 Å². The van der Waals surface area contributed by atoms with Gasteiger partial charge in [0.2, 0.25) is 5.69 Å². The average molecular weight is 234 g/mol. The van der Waals surface area contributed by atoms with Crippen LogP contribution in [0.1, 0.15) is 5.56 Å². The standard InChI is InChI=1S/C7H7N3O2S.ClH/c1-12-7-6(10(11)13)2-5(3-8)4-9-7;/h2,4,11,13H,1H3;1H. The van der Waals surface area contributed by atoms with Crippen molar-refractivity contribution in [2.45, 2.75) is 0 Å². The van der Waals surface area contributed by atoms with Crippen molar-refractivity contribution in [2.24, 2.45) is 0 Å². The van der Waals surface area contributed by atoms with Crippen LogP contribution in [0.15, 0.2) is 12.3 Å². The predicted octanol–water partition coefficient (Wildman–Crippen LogP) is -3.28. The van der Waals surface area contributed by atoms with Crippen LogP contribution in [-0.2, 0) is 0 Å². The molecule has 1 atom stereocenters. The molecule has 5 nitrogen and oxygen atoms in total. The average Bonchev–Trinajstić information content (AvgIpc) is 2.16. The van der Waals surface area contributed by atoms with Crippen LogP contribution in [0.2, 0.25) is 0 Å². The third-order valence-corrected chi connectivity index (χ3v) is 1.66. The van der Waals surface area contributed by atoms with Crippen LogP contribution in [0.3, 0.4) is 0 Å². The number of hydrogen-bond acceptors (Lipinski definition) is 5. The Bertz CT molecular complexity index is 353. The number of thiol groups is 1. The largest absolute Gasteiger partial charge is 1.00 e. The highest BCUT2D eigenvalue weighted by Crippen LogP contribution is 2.17. The first-order chi connectivity index (χ1) is 6.19. The van der Waals surface area contributed by atoms with Crippen LogP contribution in [0.5, 0.6) is 5.88 Å². The first-order valence-electron chi connectivity index (χ1n) is 3.38. The van der Waals surface area contributed by atoms with Gasteiger partial charge in [-0.3, -0.25) is 0 Å². The molecular weight excluding hydrogens is 226 g/mol. The van der Waals surface area contributed by atoms with Crippen molar-refractivity contribution in [1.82, 2.24) is 4.98 Å². The van der Waals surface area contributed by atoms with E-state index in [2.05, 4.69) is 17.8 Å². The number of nitrogens with zero attached hydrogens (tertiary/aromatic N) is 2. The maximum Gasteiger partial charge on any atom is 0.280 e. The molecule has 14 heavy (non-hydrogen) atoms. The molecule has 2 N–H and O–H groups in total. The maximum atomic E-state index is 9.11. The Kier molecular flexibility index (Phi) is 5.27. The lowest BCUT2D eigenvalue weighted by Crippen LogP contribution is -3.00. The Morgan fingerprint density at radius 1 is 1.71 bits per heavy atom. The number of nitriles is 1. The molecule has 0 saturated carbocycles. The third kappa shape index (κ3) is 2.75. The highest BCUT2D eigenvalue weighted by Gasteiger charge is 2.15. The molecule has 7 heteroatoms. The van der Waals surface area contributed by atoms with Crippen LogP contribution in [0.25, 0.3) is 0 Å². The summed E-state index contributed by atoms with van der Waals surface area (Å²) in [5.41, 5.74) is 0.654. The summed E-state index contributed by atoms with van der Waals surface area (Å²) in [4.78, 5) is 3.81. The molecule has 76 valence electrons. The Morgan fingerprint density at radius 2 is 2.36 bits per heavy atom. The lowest BCUT2D eigenvalue weighted by Gasteiger charge is -2.05. The zero-order chi connectivity index (χ0) is 9.84. The Labute approximate surface area is 92.8 Å². The molecule has 1 unspecified atom stereocenters. The van der Waals surface area contributed by atoms with Crippen LogP contribution >= 0.6 is 12.8 Å². The monoisotopic (exact) mass is 233 g/mol. The van der Waals surface area contributed by atoms with Gasteiger partial charge >= 0.3 is 0 Å². The van der Waals surface area contributed by atoms with Crippen molar-refractivity contribution < 1.29 is 26.8 Å². The van der Waals surface area contributed by atoms with Crippen molar-refractivity contribution in [3.05, 3.63) is 17.8 Å². The van der Waals surface area contributed by atoms with E-state index >= 15 is 0 Å². The number of rotatable bonds is 2. The normalized spacial score (nSPS) is 11.0. The van der Waals surface area contributed by atoms with Crippen molar-refractivity contribution in [1.29, 1.82) is 5.26 Å². The highest BCUT2D eigenvalue weighted by molar-refractivity contribution is 7.73. The summed E-state index contributed by atoms with van der Waals surface area (Å²) < 4.78 is 4.63. The molecule has 0 aliphatic rings. The molecule has 0 amide bonds. The van der Waals surface area contributed by atoms with E-state index in [1.54, 1.807) is 0 Å². The van der Waals surface area contributed by atoms with Gasteiger partial charge in [-0.15, -0.1) is 0 Å². The lowest BCUT2D eigenvalue weighted by molar-refractivity contribution is -0.909. The van der Waals surface area contributed by atoms with E-state index in [-0.39, 0.29) is 22.8 Å². The zero-order valence-electron chi connectivity index (χ0n) is 7.23. The molecule has 0 bridgehead atoms. The summed E-state index contributed by atoms with van der Waals surface area (Å²) in [5.74, 6) is 0.242. The zero-order valence-corrected chi connectivity index (χ0v) is 8.88. The van der Waals surface area contributed by atoms with E-state index in [9.17, 15) is 0 Å². The smallest absolute Gasteiger partial charge is 0.280 e. The summed E-state index contributed by atoms with van der Waals surface area (Å²) >= 11 is 3.74. The minimum Gasteiger partial charge on any atom is -1.00 e. The number of pyridine rings is 1. The first kappa shape index (κ1) is 13.0. The van der Waals surface area contributed by atoms with E-state index in [4.69, 9.17) is 15.2 Å². The van der Waals surface area contributed by atoms with Crippen molar-refractivity contribution >= 4 is 18.5 Å². The second-order valence-corrected chi connectivity index (χ2v) is 2.64. The van der Waals surface area contributed by atoms with Gasteiger partial charge in [-0.2, -0.15) is 5.26 Å². The first-order valence-corrected chi connectivity index (χ1v) is 3.83. The fourth-order valence-corrected chi connectivity index (χ4v) is 0.996. The third-order valence-electron chi connectivity index (χ3n) is 1.41. The molecule has 1 heterocycles. The Morgan fingerprint density at radius 3 is 2.79 bits per heavy atom. The van der Waals surface area contributed by atoms with Gasteiger partial charge in [0.1, 0.15) is 6.07 Å². The quantitative estimate of drug-likeness (QED) is 0.370. The van der Waals surface area contributed by atoms with Gasteiger partial charge in [-0.1, -0.05) is 4.47 Å². The highest BCUT2D eigenvalue weighted by atomic mass is 35.5. The maximum absolute atomic E-state index is 9.11. The van der Waals surface area contributed by atoms with Crippen LogP contribution < -0.4 is 21.6 Å². The minimum absolute atomic E-state index is 0. The van der Waals surface area contributed by atoms with E-state index in [1.807, 2.05) is 6.07 Å². The molecule has 0 radical (unpaired) electrons. The predicted molar refractivity (Wildman–Crippen MR) is 46.9 cm³/mol. The van der Waals surface area contributed by atoms with Crippen LogP contribution in [-0.4, -0.2) is 17.3 Å². The molecule has 0 fully saturated rings. The Hall–Kier alpha value is -1.00. The summed E-state index contributed by atoms with van der Waals surface area (Å²) in [6.45, 7) is 0. The second-order valence-electron chi connectivity index (χ2n) is 2.22. The summed E-state index contributed by atoms with van der Waals surface area (Å²) in [6.07, 6.45) is 1.36. The number of ether oxygens (including phenoxy) is 1. The van der Waals surface area contributed by atoms with Crippen molar-refractivity contribution in [2.75, 3.05) is 7.11 Å². The minimum atomic E-state index is -0.221. The van der Waals surface area contributed by atoms with E-state index in [0.29, 0.717) is 11.3 Å². The summed E-state index contributed by atoms with van der Waals surface area (Å²) in [7, 11) is 1.43. The van der Waals surface area contributed by atoms with Gasteiger partial charge in [0.15, 0.2) is 0 Å².